The van der Waals surface area contributed by atoms with Crippen molar-refractivity contribution in [3.8, 4) is 0 Å². The topological polar surface area (TPSA) is 74.2 Å². The monoisotopic (exact) mass is 260 g/mol. The zero-order valence-corrected chi connectivity index (χ0v) is 11.1. The van der Waals surface area contributed by atoms with Gasteiger partial charge in [-0.25, -0.2) is 0 Å². The van der Waals surface area contributed by atoms with Gasteiger partial charge < -0.3 is 24.1 Å². The van der Waals surface area contributed by atoms with Gasteiger partial charge in [-0.3, -0.25) is 4.79 Å². The van der Waals surface area contributed by atoms with Crippen molar-refractivity contribution in [1.82, 2.24) is 0 Å². The summed E-state index contributed by atoms with van der Waals surface area (Å²) in [7, 11) is 2.98. The molecule has 1 heterocycles. The van der Waals surface area contributed by atoms with Gasteiger partial charge in [0.25, 0.3) is 0 Å². The Hall–Kier alpha value is -0.530. The molecule has 0 bridgehead atoms. The lowest BCUT2D eigenvalue weighted by Gasteiger charge is -2.53. The van der Waals surface area contributed by atoms with Crippen LogP contribution in [0.15, 0.2) is 0 Å². The van der Waals surface area contributed by atoms with Crippen LogP contribution in [-0.4, -0.2) is 55.0 Å². The molecular formula is C12H20O6. The normalized spacial score (nSPS) is 48.9. The molecule has 0 amide bonds. The molecule has 0 aromatic heterocycles. The molecule has 6 heteroatoms. The molecule has 0 radical (unpaired) electrons. The maximum Gasteiger partial charge on any atom is 0.220 e. The minimum absolute atomic E-state index is 0.0353. The van der Waals surface area contributed by atoms with Gasteiger partial charge in [-0.2, -0.15) is 0 Å². The number of fused-ring (bicyclic) bond motifs is 1. The minimum Gasteiger partial charge on any atom is -0.390 e. The van der Waals surface area contributed by atoms with Gasteiger partial charge in [0.1, 0.15) is 11.9 Å². The van der Waals surface area contributed by atoms with E-state index >= 15 is 0 Å². The van der Waals surface area contributed by atoms with E-state index in [1.807, 2.05) is 0 Å². The summed E-state index contributed by atoms with van der Waals surface area (Å²) in [5.74, 6) is -2.29. The third-order valence-electron chi connectivity index (χ3n) is 3.95. The Kier molecular flexibility index (Phi) is 3.50. The molecule has 0 aromatic carbocycles. The van der Waals surface area contributed by atoms with Crippen LogP contribution < -0.4 is 0 Å². The number of carbonyl (C=O) groups is 1. The molecule has 18 heavy (non-hydrogen) atoms. The first-order valence-corrected chi connectivity index (χ1v) is 6.01. The Balaban J connectivity index is 2.27. The van der Waals surface area contributed by atoms with Crippen LogP contribution >= 0.6 is 0 Å². The SMILES string of the molecule is CO[C@@]1(C)O[C@@H]2[C@H](O)CC(=O)C[C@H]2O[C@]1(C)OC. The minimum atomic E-state index is -1.13. The Labute approximate surface area is 106 Å². The van der Waals surface area contributed by atoms with Gasteiger partial charge in [0.05, 0.1) is 12.2 Å². The van der Waals surface area contributed by atoms with Crippen molar-refractivity contribution in [2.24, 2.45) is 0 Å². The first kappa shape index (κ1) is 13.9. The van der Waals surface area contributed by atoms with Crippen molar-refractivity contribution in [1.29, 1.82) is 0 Å². The van der Waals surface area contributed by atoms with Crippen molar-refractivity contribution >= 4 is 5.78 Å². The zero-order valence-electron chi connectivity index (χ0n) is 11.1. The maximum atomic E-state index is 11.5. The van der Waals surface area contributed by atoms with E-state index in [-0.39, 0.29) is 18.6 Å². The highest BCUT2D eigenvalue weighted by Crippen LogP contribution is 2.42. The van der Waals surface area contributed by atoms with Crippen LogP contribution in [-0.2, 0) is 23.7 Å². The summed E-state index contributed by atoms with van der Waals surface area (Å²) in [5, 5.41) is 9.92. The van der Waals surface area contributed by atoms with Gasteiger partial charge in [-0.1, -0.05) is 0 Å². The third kappa shape index (κ3) is 1.98. The first-order chi connectivity index (χ1) is 8.35. The van der Waals surface area contributed by atoms with Crippen LogP contribution in [0.4, 0.5) is 0 Å². The van der Waals surface area contributed by atoms with Crippen LogP contribution in [0.2, 0.25) is 0 Å². The predicted molar refractivity (Wildman–Crippen MR) is 60.8 cm³/mol. The number of aliphatic hydroxyl groups excluding tert-OH is 1. The fourth-order valence-corrected chi connectivity index (χ4v) is 2.51. The fourth-order valence-electron chi connectivity index (χ4n) is 2.51. The summed E-state index contributed by atoms with van der Waals surface area (Å²) in [4.78, 5) is 11.5. The fraction of sp³-hybridized carbons (Fsp3) is 0.917. The van der Waals surface area contributed by atoms with Crippen molar-refractivity contribution < 1.29 is 28.8 Å². The average molecular weight is 260 g/mol. The van der Waals surface area contributed by atoms with Crippen LogP contribution in [0.5, 0.6) is 0 Å². The van der Waals surface area contributed by atoms with Crippen molar-refractivity contribution in [3.05, 3.63) is 0 Å². The molecule has 1 aliphatic carbocycles. The summed E-state index contributed by atoms with van der Waals surface area (Å²) >= 11 is 0. The van der Waals surface area contributed by atoms with Crippen LogP contribution in [0.3, 0.4) is 0 Å². The van der Waals surface area contributed by atoms with Gasteiger partial charge in [0, 0.05) is 27.1 Å². The highest BCUT2D eigenvalue weighted by Gasteiger charge is 2.59. The van der Waals surface area contributed by atoms with Crippen LogP contribution in [0, 0.1) is 0 Å². The standard InChI is InChI=1S/C12H20O6/c1-11(15-3)12(2,16-4)18-10-8(14)5-7(13)6-9(10)17-11/h8-10,14H,5-6H2,1-4H3/t8-,9-,10-,11+,12+/m1/s1. The lowest BCUT2D eigenvalue weighted by molar-refractivity contribution is -0.454. The molecule has 6 nitrogen and oxygen atoms in total. The number of hydrogen-bond donors (Lipinski definition) is 1. The molecule has 2 aliphatic rings. The van der Waals surface area contributed by atoms with E-state index in [2.05, 4.69) is 0 Å². The molecule has 1 aliphatic heterocycles. The molecule has 1 saturated carbocycles. The van der Waals surface area contributed by atoms with Crippen molar-refractivity contribution in [2.75, 3.05) is 14.2 Å². The number of hydrogen-bond acceptors (Lipinski definition) is 6. The molecule has 0 aromatic rings. The Morgan fingerprint density at radius 2 is 1.72 bits per heavy atom. The number of methoxy groups -OCH3 is 2. The summed E-state index contributed by atoms with van der Waals surface area (Å²) in [6.45, 7) is 3.38. The second kappa shape index (κ2) is 4.54. The number of rotatable bonds is 2. The molecule has 1 N–H and O–H groups in total. The van der Waals surface area contributed by atoms with Gasteiger partial charge in [0.15, 0.2) is 0 Å². The van der Waals surface area contributed by atoms with E-state index in [4.69, 9.17) is 18.9 Å². The van der Waals surface area contributed by atoms with E-state index in [1.54, 1.807) is 13.8 Å². The van der Waals surface area contributed by atoms with Gasteiger partial charge in [-0.05, 0) is 13.8 Å². The van der Waals surface area contributed by atoms with E-state index in [1.165, 1.54) is 14.2 Å². The molecule has 0 unspecified atom stereocenters. The summed E-state index contributed by atoms with van der Waals surface area (Å²) < 4.78 is 22.3. The summed E-state index contributed by atoms with van der Waals surface area (Å²) in [6.07, 6.45) is -1.63. The molecule has 2 fully saturated rings. The average Bonchev–Trinajstić information content (AvgIpc) is 2.32. The second-order valence-corrected chi connectivity index (χ2v) is 5.05. The van der Waals surface area contributed by atoms with E-state index in [9.17, 15) is 9.90 Å². The second-order valence-electron chi connectivity index (χ2n) is 5.05. The highest BCUT2D eigenvalue weighted by molar-refractivity contribution is 5.80. The van der Waals surface area contributed by atoms with Crippen molar-refractivity contribution in [3.63, 3.8) is 0 Å². The van der Waals surface area contributed by atoms with E-state index in [0.717, 1.165) is 0 Å². The number of aliphatic hydroxyl groups is 1. The number of Topliss-reactive ketones (excluding diaryl/α,β-unsaturated/α-hetero) is 1. The quantitative estimate of drug-likeness (QED) is 0.765. The van der Waals surface area contributed by atoms with Crippen molar-refractivity contribution in [2.45, 2.75) is 56.6 Å². The van der Waals surface area contributed by atoms with Gasteiger partial charge in [-0.15, -0.1) is 0 Å². The Morgan fingerprint density at radius 3 is 2.28 bits per heavy atom. The number of ether oxygens (including phenoxy) is 4. The molecule has 1 saturated heterocycles. The van der Waals surface area contributed by atoms with Crippen LogP contribution in [0.25, 0.3) is 0 Å². The Morgan fingerprint density at radius 1 is 1.17 bits per heavy atom. The molecular weight excluding hydrogens is 240 g/mol. The lowest BCUT2D eigenvalue weighted by atomic mass is 9.88. The maximum absolute atomic E-state index is 11.5. The summed E-state index contributed by atoms with van der Waals surface area (Å²) in [5.41, 5.74) is 0. The lowest BCUT2D eigenvalue weighted by Crippen LogP contribution is -2.68. The molecule has 0 spiro atoms. The number of ketones is 1. The molecule has 5 atom stereocenters. The predicted octanol–water partition coefficient (Wildman–Crippen LogP) is 0.219. The summed E-state index contributed by atoms with van der Waals surface area (Å²) in [6, 6.07) is 0. The molecule has 2 rings (SSSR count). The smallest absolute Gasteiger partial charge is 0.220 e. The van der Waals surface area contributed by atoms with Gasteiger partial charge in [0.2, 0.25) is 11.6 Å². The molecule has 104 valence electrons. The van der Waals surface area contributed by atoms with Crippen LogP contribution in [0.1, 0.15) is 26.7 Å². The Bertz CT molecular complexity index is 345. The highest BCUT2D eigenvalue weighted by atomic mass is 16.8. The zero-order chi connectivity index (χ0) is 13.6. The van der Waals surface area contributed by atoms with E-state index in [0.29, 0.717) is 0 Å². The largest absolute Gasteiger partial charge is 0.390 e. The van der Waals surface area contributed by atoms with Gasteiger partial charge >= 0.3 is 0 Å². The first-order valence-electron chi connectivity index (χ1n) is 6.01. The third-order valence-corrected chi connectivity index (χ3v) is 3.95. The number of carbonyl (C=O) groups excluding carboxylic acids is 1. The van der Waals surface area contributed by atoms with E-state index < -0.39 is 29.9 Å².